The fraction of sp³-hybridized carbons (Fsp3) is 0.303. The Kier molecular flexibility index (Phi) is 7.38. The lowest BCUT2D eigenvalue weighted by atomic mass is 9.99. The molecule has 5 heterocycles. The highest BCUT2D eigenvalue weighted by atomic mass is 19.1. The summed E-state index contributed by atoms with van der Waals surface area (Å²) in [5.41, 5.74) is 9.01. The zero-order valence-corrected chi connectivity index (χ0v) is 24.5. The van der Waals surface area contributed by atoms with Gasteiger partial charge >= 0.3 is 0 Å². The number of likely N-dealkylation sites (N-methyl/N-ethyl adjacent to an activating group) is 1. The maximum atomic E-state index is 14.7. The summed E-state index contributed by atoms with van der Waals surface area (Å²) >= 11 is 0. The van der Waals surface area contributed by atoms with Crippen molar-refractivity contribution in [3.63, 3.8) is 0 Å². The molecule has 5 aromatic rings. The van der Waals surface area contributed by atoms with Crippen molar-refractivity contribution in [3.8, 4) is 22.6 Å². The topological polar surface area (TPSA) is 101 Å². The Hall–Kier alpha value is -4.54. The van der Waals surface area contributed by atoms with Crippen molar-refractivity contribution in [2.45, 2.75) is 12.8 Å². The van der Waals surface area contributed by atoms with Gasteiger partial charge in [-0.05, 0) is 92.6 Å². The van der Waals surface area contributed by atoms with Crippen LogP contribution in [0.15, 0.2) is 66.6 Å². The lowest BCUT2D eigenvalue weighted by Crippen LogP contribution is -2.27. The molecule has 7 rings (SSSR count). The number of aromatic nitrogens is 5. The normalized spacial score (nSPS) is 15.7. The summed E-state index contributed by atoms with van der Waals surface area (Å²) in [6.07, 6.45) is 10.5. The van der Waals surface area contributed by atoms with E-state index in [1.807, 2.05) is 20.2 Å². The van der Waals surface area contributed by atoms with Crippen LogP contribution in [0.2, 0.25) is 0 Å². The molecule has 3 aromatic heterocycles. The van der Waals surface area contributed by atoms with Gasteiger partial charge in [-0.3, -0.25) is 15.0 Å². The van der Waals surface area contributed by atoms with Gasteiger partial charge in [0.2, 0.25) is 0 Å². The minimum absolute atomic E-state index is 0.312. The number of halogens is 1. The number of allylic oxidation sites excluding steroid dienone is 2. The van der Waals surface area contributed by atoms with Crippen molar-refractivity contribution in [3.05, 3.63) is 78.0 Å². The first kappa shape index (κ1) is 27.3. The molecule has 0 aliphatic carbocycles. The molecule has 0 atom stereocenters. The maximum absolute atomic E-state index is 14.7. The summed E-state index contributed by atoms with van der Waals surface area (Å²) in [4.78, 5) is 17.4. The van der Waals surface area contributed by atoms with E-state index in [2.05, 4.69) is 71.1 Å². The average molecular weight is 578 g/mol. The molecule has 2 aliphatic rings. The van der Waals surface area contributed by atoms with Crippen LogP contribution in [0.25, 0.3) is 50.2 Å². The van der Waals surface area contributed by atoms with Crippen LogP contribution in [0.1, 0.15) is 18.4 Å². The summed E-state index contributed by atoms with van der Waals surface area (Å²) in [6.45, 7) is 5.81. The number of likely N-dealkylation sites (tertiary alicyclic amines) is 1. The molecule has 0 bridgehead atoms. The second-order valence-corrected chi connectivity index (χ2v) is 11.7. The van der Waals surface area contributed by atoms with Crippen LogP contribution >= 0.6 is 0 Å². The third-order valence-electron chi connectivity index (χ3n) is 8.18. The monoisotopic (exact) mass is 577 g/mol. The number of rotatable bonds is 9. The first-order valence-corrected chi connectivity index (χ1v) is 14.9. The van der Waals surface area contributed by atoms with E-state index in [1.165, 1.54) is 43.6 Å². The van der Waals surface area contributed by atoms with Gasteiger partial charge in [0.05, 0.1) is 22.7 Å². The molecule has 43 heavy (non-hydrogen) atoms. The van der Waals surface area contributed by atoms with Crippen LogP contribution < -0.4 is 10.6 Å². The minimum Gasteiger partial charge on any atom is -0.387 e. The molecule has 0 radical (unpaired) electrons. The second-order valence-electron chi connectivity index (χ2n) is 11.7. The van der Waals surface area contributed by atoms with Crippen LogP contribution in [0.3, 0.4) is 0 Å². The number of aromatic amines is 2. The number of imidazole rings is 1. The number of nitrogens with zero attached hydrogens (tertiary/aromatic N) is 5. The van der Waals surface area contributed by atoms with E-state index < -0.39 is 0 Å². The Labute approximate surface area is 249 Å². The molecular formula is C33H36FN9. The molecule has 0 unspecified atom stereocenters. The smallest absolute Gasteiger partial charge is 0.159 e. The van der Waals surface area contributed by atoms with E-state index >= 15 is 0 Å². The molecule has 1 saturated heterocycles. The molecule has 220 valence electrons. The molecule has 0 amide bonds. The average Bonchev–Trinajstić information content (AvgIpc) is 3.76. The summed E-state index contributed by atoms with van der Waals surface area (Å²) in [5, 5.41) is 15.6. The summed E-state index contributed by atoms with van der Waals surface area (Å²) in [7, 11) is 4.02. The number of benzene rings is 2. The van der Waals surface area contributed by atoms with Crippen molar-refractivity contribution < 1.29 is 4.39 Å². The molecule has 0 saturated carbocycles. The second kappa shape index (κ2) is 11.6. The highest BCUT2D eigenvalue weighted by Gasteiger charge is 2.19. The molecule has 1 fully saturated rings. The first-order chi connectivity index (χ1) is 21.0. The van der Waals surface area contributed by atoms with Crippen molar-refractivity contribution in [2.75, 3.05) is 58.7 Å². The Morgan fingerprint density at radius 3 is 2.77 bits per heavy atom. The fourth-order valence-electron chi connectivity index (χ4n) is 6.00. The van der Waals surface area contributed by atoms with Gasteiger partial charge in [0, 0.05) is 55.2 Å². The van der Waals surface area contributed by atoms with Crippen LogP contribution in [0, 0.1) is 5.82 Å². The van der Waals surface area contributed by atoms with Gasteiger partial charge in [0.1, 0.15) is 11.5 Å². The van der Waals surface area contributed by atoms with E-state index in [0.29, 0.717) is 17.9 Å². The Morgan fingerprint density at radius 1 is 1.02 bits per heavy atom. The molecule has 4 N–H and O–H groups in total. The number of fused-ring (bicyclic) bond motifs is 2. The number of pyridine rings is 1. The predicted molar refractivity (Wildman–Crippen MR) is 171 cm³/mol. The van der Waals surface area contributed by atoms with Gasteiger partial charge in [-0.2, -0.15) is 5.10 Å². The van der Waals surface area contributed by atoms with E-state index in [9.17, 15) is 4.39 Å². The van der Waals surface area contributed by atoms with Crippen molar-refractivity contribution in [2.24, 2.45) is 0 Å². The number of dihydropyridines is 1. The highest BCUT2D eigenvalue weighted by Crippen LogP contribution is 2.33. The largest absolute Gasteiger partial charge is 0.387 e. The third-order valence-corrected chi connectivity index (χ3v) is 8.18. The lowest BCUT2D eigenvalue weighted by molar-refractivity contribution is 0.365. The number of nitrogens with one attached hydrogen (secondary N) is 4. The molecule has 2 aliphatic heterocycles. The minimum atomic E-state index is -0.312. The van der Waals surface area contributed by atoms with Gasteiger partial charge in [-0.25, -0.2) is 9.37 Å². The zero-order valence-electron chi connectivity index (χ0n) is 24.5. The number of H-pyrrole nitrogens is 2. The Balaban J connectivity index is 1.21. The standard InChI is InChI=1S/C33H36FN9/c1-42(2)10-7-37-26-13-23(12-25(34)15-26)28-18-36-19-30-31(28)39-33(38-30)32-27-14-22(5-6-29(27)40-41-32)24-11-21(16-35-17-24)20-43-8-3-4-9-43/h5-6,11-15,17-19,35,37H,3-4,7-10,16,20H2,1-2H3,(H,38,39)(H,40,41). The highest BCUT2D eigenvalue weighted by molar-refractivity contribution is 5.98. The van der Waals surface area contributed by atoms with Gasteiger partial charge in [0.25, 0.3) is 0 Å². The van der Waals surface area contributed by atoms with E-state index in [4.69, 9.17) is 4.98 Å². The van der Waals surface area contributed by atoms with Gasteiger partial charge in [0.15, 0.2) is 5.82 Å². The van der Waals surface area contributed by atoms with Crippen molar-refractivity contribution >= 4 is 33.2 Å². The van der Waals surface area contributed by atoms with Gasteiger partial charge in [-0.1, -0.05) is 12.1 Å². The Bertz CT molecular complexity index is 1840. The third kappa shape index (κ3) is 5.76. The fourth-order valence-corrected chi connectivity index (χ4v) is 6.00. The van der Waals surface area contributed by atoms with Crippen LogP contribution in [-0.4, -0.2) is 88.3 Å². The van der Waals surface area contributed by atoms with Gasteiger partial charge in [-0.15, -0.1) is 0 Å². The predicted octanol–water partition coefficient (Wildman–Crippen LogP) is 5.25. The van der Waals surface area contributed by atoms with Gasteiger partial charge < -0.3 is 20.5 Å². The Morgan fingerprint density at radius 2 is 1.91 bits per heavy atom. The van der Waals surface area contributed by atoms with Crippen LogP contribution in [0.4, 0.5) is 10.1 Å². The molecular weight excluding hydrogens is 541 g/mol. The van der Waals surface area contributed by atoms with Crippen molar-refractivity contribution in [1.82, 2.24) is 40.3 Å². The van der Waals surface area contributed by atoms with E-state index in [0.717, 1.165) is 69.7 Å². The summed E-state index contributed by atoms with van der Waals surface area (Å²) in [6, 6.07) is 11.3. The number of hydrogen-bond acceptors (Lipinski definition) is 7. The van der Waals surface area contributed by atoms with Crippen LogP contribution in [-0.2, 0) is 0 Å². The van der Waals surface area contributed by atoms with Crippen molar-refractivity contribution in [1.29, 1.82) is 0 Å². The maximum Gasteiger partial charge on any atom is 0.159 e. The molecule has 0 spiro atoms. The summed E-state index contributed by atoms with van der Waals surface area (Å²) in [5.74, 6) is 0.321. The first-order valence-electron chi connectivity index (χ1n) is 14.9. The number of anilines is 1. The number of hydrogen-bond donors (Lipinski definition) is 4. The zero-order chi connectivity index (χ0) is 29.3. The lowest BCUT2D eigenvalue weighted by Gasteiger charge is -2.21. The molecule has 2 aromatic carbocycles. The van der Waals surface area contributed by atoms with Crippen LogP contribution in [0.5, 0.6) is 0 Å². The molecule has 10 heteroatoms. The van der Waals surface area contributed by atoms with E-state index in [-0.39, 0.29) is 5.82 Å². The SMILES string of the molecule is CN(C)CCNc1cc(F)cc(-c2cncc3[nH]c(-c4n[nH]c5ccc(C6=CNCC(CN7CCCC7)=C6)cc45)nc23)c1. The quantitative estimate of drug-likeness (QED) is 0.190. The molecule has 9 nitrogen and oxygen atoms in total. The van der Waals surface area contributed by atoms with E-state index in [1.54, 1.807) is 12.4 Å². The summed E-state index contributed by atoms with van der Waals surface area (Å²) < 4.78 is 14.7.